The maximum absolute atomic E-state index is 12.1. The second kappa shape index (κ2) is 8.63. The molecule has 0 N–H and O–H groups in total. The molecule has 0 aliphatic carbocycles. The van der Waals surface area contributed by atoms with Crippen LogP contribution < -0.4 is 4.74 Å². The van der Waals surface area contributed by atoms with Crippen LogP contribution in [0, 0.1) is 0 Å². The van der Waals surface area contributed by atoms with Crippen LogP contribution in [0.15, 0.2) is 53.2 Å². The number of ether oxygens (including phenoxy) is 3. The Labute approximate surface area is 186 Å². The van der Waals surface area contributed by atoms with E-state index in [1.54, 1.807) is 36.0 Å². The highest BCUT2D eigenvalue weighted by molar-refractivity contribution is 5.97. The zero-order chi connectivity index (χ0) is 22.8. The summed E-state index contributed by atoms with van der Waals surface area (Å²) in [6, 6.07) is 12.5. The number of benzene rings is 1. The predicted molar refractivity (Wildman–Crippen MR) is 114 cm³/mol. The predicted octanol–water partition coefficient (Wildman–Crippen LogP) is 2.84. The van der Waals surface area contributed by atoms with Crippen LogP contribution in [0.4, 0.5) is 0 Å². The molecule has 11 heteroatoms. The zero-order valence-corrected chi connectivity index (χ0v) is 17.8. The average molecular weight is 446 g/mol. The smallest absolute Gasteiger partial charge is 0.339 e. The Morgan fingerprint density at radius 1 is 1.06 bits per heavy atom. The van der Waals surface area contributed by atoms with E-state index < -0.39 is 5.97 Å². The lowest BCUT2D eigenvalue weighted by atomic mass is 10.2. The maximum atomic E-state index is 12.1. The van der Waals surface area contributed by atoms with Crippen LogP contribution in [0.2, 0.25) is 0 Å². The average Bonchev–Trinajstić information content (AvgIpc) is 3.49. The molecule has 0 bridgehead atoms. The fourth-order valence-electron chi connectivity index (χ4n) is 3.43. The largest absolute Gasteiger partial charge is 0.470 e. The summed E-state index contributed by atoms with van der Waals surface area (Å²) in [7, 11) is 2.89. The van der Waals surface area contributed by atoms with Crippen molar-refractivity contribution in [3.05, 3.63) is 65.7 Å². The summed E-state index contributed by atoms with van der Waals surface area (Å²) in [5.41, 5.74) is 1.75. The van der Waals surface area contributed by atoms with Crippen LogP contribution >= 0.6 is 0 Å². The number of nitrogens with zero attached hydrogens (tertiary/aromatic N) is 6. The first-order chi connectivity index (χ1) is 16.2. The molecule has 4 aromatic heterocycles. The zero-order valence-electron chi connectivity index (χ0n) is 17.8. The lowest BCUT2D eigenvalue weighted by molar-refractivity contribution is 0.0597. The van der Waals surface area contributed by atoms with Crippen molar-refractivity contribution in [2.24, 2.45) is 0 Å². The van der Waals surface area contributed by atoms with E-state index in [0.717, 1.165) is 10.8 Å². The van der Waals surface area contributed by atoms with Crippen molar-refractivity contribution in [3.63, 3.8) is 0 Å². The summed E-state index contributed by atoms with van der Waals surface area (Å²) in [6.45, 7) is 0.286. The van der Waals surface area contributed by atoms with Gasteiger partial charge in [-0.3, -0.25) is 4.98 Å². The van der Waals surface area contributed by atoms with E-state index in [1.165, 1.54) is 7.11 Å². The SMILES string of the molecule is COCc1cc(-c2nnc3c4ccccc4c(OCc4ncccc4C(=O)OC)nn23)no1. The lowest BCUT2D eigenvalue weighted by Gasteiger charge is -2.11. The first-order valence-corrected chi connectivity index (χ1v) is 9.93. The van der Waals surface area contributed by atoms with Crippen molar-refractivity contribution in [2.75, 3.05) is 14.2 Å². The van der Waals surface area contributed by atoms with Crippen molar-refractivity contribution in [1.29, 1.82) is 0 Å². The lowest BCUT2D eigenvalue weighted by Crippen LogP contribution is -2.11. The first-order valence-electron chi connectivity index (χ1n) is 9.93. The van der Waals surface area contributed by atoms with E-state index in [1.807, 2.05) is 24.3 Å². The van der Waals surface area contributed by atoms with Gasteiger partial charge >= 0.3 is 5.97 Å². The molecule has 0 saturated carbocycles. The molecule has 11 nitrogen and oxygen atoms in total. The van der Waals surface area contributed by atoms with Gasteiger partial charge in [0.05, 0.1) is 18.4 Å². The molecule has 0 unspecified atom stereocenters. The van der Waals surface area contributed by atoms with Crippen molar-refractivity contribution >= 4 is 22.4 Å². The van der Waals surface area contributed by atoms with Gasteiger partial charge in [-0.05, 0) is 18.2 Å². The normalized spacial score (nSPS) is 11.2. The summed E-state index contributed by atoms with van der Waals surface area (Å²) in [6.07, 6.45) is 1.58. The van der Waals surface area contributed by atoms with Crippen LogP contribution in [-0.2, 0) is 22.7 Å². The number of methoxy groups -OCH3 is 2. The van der Waals surface area contributed by atoms with Crippen LogP contribution in [0.1, 0.15) is 21.8 Å². The number of hydrogen-bond acceptors (Lipinski definition) is 10. The third-order valence-electron chi connectivity index (χ3n) is 4.95. The molecule has 0 fully saturated rings. The standard InChI is InChI=1S/C22H18N6O5/c1-30-11-13-10-17(27-33-13)20-25-24-19-14-6-3-4-7-15(14)21(26-28(19)20)32-12-18-16(22(29)31-2)8-5-9-23-18/h3-10H,11-12H2,1-2H3. The first kappa shape index (κ1) is 20.5. The second-order valence-electron chi connectivity index (χ2n) is 7.00. The highest BCUT2D eigenvalue weighted by Gasteiger charge is 2.20. The van der Waals surface area contributed by atoms with E-state index in [2.05, 4.69) is 25.4 Å². The number of rotatable bonds is 7. The highest BCUT2D eigenvalue weighted by Crippen LogP contribution is 2.29. The molecule has 0 amide bonds. The Morgan fingerprint density at radius 2 is 1.91 bits per heavy atom. The highest BCUT2D eigenvalue weighted by atomic mass is 16.5. The summed E-state index contributed by atoms with van der Waals surface area (Å²) in [4.78, 5) is 16.3. The van der Waals surface area contributed by atoms with Crippen LogP contribution in [0.25, 0.3) is 27.9 Å². The molecule has 5 aromatic rings. The van der Waals surface area contributed by atoms with Crippen LogP contribution in [-0.4, -0.2) is 50.1 Å². The molecule has 5 rings (SSSR count). The Hall–Kier alpha value is -4.38. The van der Waals surface area contributed by atoms with Gasteiger partial charge in [0.25, 0.3) is 0 Å². The maximum Gasteiger partial charge on any atom is 0.339 e. The van der Waals surface area contributed by atoms with Gasteiger partial charge in [-0.15, -0.1) is 15.3 Å². The summed E-state index contributed by atoms with van der Waals surface area (Å²) < 4.78 is 22.8. The molecule has 0 radical (unpaired) electrons. The van der Waals surface area contributed by atoms with Crippen molar-refractivity contribution in [3.8, 4) is 17.4 Å². The minimum absolute atomic E-state index is 0.00712. The molecule has 0 spiro atoms. The van der Waals surface area contributed by atoms with E-state index in [9.17, 15) is 4.79 Å². The number of aromatic nitrogens is 6. The van der Waals surface area contributed by atoms with Gasteiger partial charge in [0.1, 0.15) is 13.2 Å². The molecule has 0 aliphatic heterocycles. The molecule has 0 saturated heterocycles. The molecular formula is C22H18N6O5. The van der Waals surface area contributed by atoms with Gasteiger partial charge in [0, 0.05) is 30.1 Å². The Kier molecular flexibility index (Phi) is 5.37. The van der Waals surface area contributed by atoms with Gasteiger partial charge < -0.3 is 18.7 Å². The number of pyridine rings is 1. The minimum atomic E-state index is -0.492. The van der Waals surface area contributed by atoms with Crippen LogP contribution in [0.5, 0.6) is 5.88 Å². The monoisotopic (exact) mass is 446 g/mol. The Morgan fingerprint density at radius 3 is 2.73 bits per heavy atom. The van der Waals surface area contributed by atoms with Crippen molar-refractivity contribution in [2.45, 2.75) is 13.2 Å². The molecule has 0 aliphatic rings. The molecule has 166 valence electrons. The number of carbonyl (C=O) groups is 1. The van der Waals surface area contributed by atoms with Gasteiger partial charge in [-0.25, -0.2) is 4.79 Å². The summed E-state index contributed by atoms with van der Waals surface area (Å²) >= 11 is 0. The van der Waals surface area contributed by atoms with Gasteiger partial charge in [-0.2, -0.15) is 4.52 Å². The fraction of sp³-hybridized carbons (Fsp3) is 0.182. The number of carbonyl (C=O) groups excluding carboxylic acids is 1. The van der Waals surface area contributed by atoms with Crippen molar-refractivity contribution < 1.29 is 23.5 Å². The van der Waals surface area contributed by atoms with Crippen molar-refractivity contribution in [1.82, 2.24) is 30.0 Å². The fourth-order valence-corrected chi connectivity index (χ4v) is 3.43. The van der Waals surface area contributed by atoms with Gasteiger partial charge in [0.2, 0.25) is 11.7 Å². The quantitative estimate of drug-likeness (QED) is 0.344. The van der Waals surface area contributed by atoms with Crippen LogP contribution in [0.3, 0.4) is 0 Å². The second-order valence-corrected chi connectivity index (χ2v) is 7.00. The van der Waals surface area contributed by atoms with Gasteiger partial charge in [-0.1, -0.05) is 23.4 Å². The molecule has 4 heterocycles. The third kappa shape index (κ3) is 3.74. The van der Waals surface area contributed by atoms with Gasteiger partial charge in [0.15, 0.2) is 17.1 Å². The Bertz CT molecular complexity index is 1460. The van der Waals surface area contributed by atoms with E-state index in [0.29, 0.717) is 40.1 Å². The number of fused-ring (bicyclic) bond motifs is 3. The third-order valence-corrected chi connectivity index (χ3v) is 4.95. The number of esters is 1. The number of hydrogen-bond donors (Lipinski definition) is 0. The van der Waals surface area contributed by atoms with E-state index in [-0.39, 0.29) is 13.2 Å². The molecule has 1 aromatic carbocycles. The Balaban J connectivity index is 1.58. The topological polar surface area (TPSA) is 127 Å². The summed E-state index contributed by atoms with van der Waals surface area (Å²) in [5.74, 6) is 0.766. The van der Waals surface area contributed by atoms with E-state index >= 15 is 0 Å². The molecular weight excluding hydrogens is 428 g/mol. The summed E-state index contributed by atoms with van der Waals surface area (Å²) in [5, 5.41) is 18.7. The minimum Gasteiger partial charge on any atom is -0.470 e. The molecule has 0 atom stereocenters. The van der Waals surface area contributed by atoms with E-state index in [4.69, 9.17) is 18.7 Å². The molecule has 33 heavy (non-hydrogen) atoms.